The first-order chi connectivity index (χ1) is 8.49. The molecule has 1 aromatic rings. The van der Waals surface area contributed by atoms with Crippen molar-refractivity contribution < 1.29 is 14.7 Å². The number of amides is 2. The van der Waals surface area contributed by atoms with E-state index in [1.54, 1.807) is 38.5 Å². The van der Waals surface area contributed by atoms with Gasteiger partial charge in [0.2, 0.25) is 0 Å². The number of aliphatic carboxylic acids is 1. The molecule has 1 rings (SSSR count). The monoisotopic (exact) mass is 251 g/mol. The molecule has 1 N–H and O–H groups in total. The maximum absolute atomic E-state index is 12.1. The zero-order valence-corrected chi connectivity index (χ0v) is 10.7. The predicted molar refractivity (Wildman–Crippen MR) is 67.5 cm³/mol. The van der Waals surface area contributed by atoms with Gasteiger partial charge < -0.3 is 10.0 Å². The van der Waals surface area contributed by atoms with Gasteiger partial charge in [0.15, 0.2) is 0 Å². The Kier molecular flexibility index (Phi) is 4.65. The first-order valence-corrected chi connectivity index (χ1v) is 5.62. The second-order valence-electron chi connectivity index (χ2n) is 3.93. The van der Waals surface area contributed by atoms with Gasteiger partial charge in [0.05, 0.1) is 11.9 Å². The van der Waals surface area contributed by atoms with E-state index in [1.165, 1.54) is 16.8 Å². The number of hydrogen-bond donors (Lipinski definition) is 1. The molecule has 0 radical (unpaired) electrons. The largest absolute Gasteiger partial charge is 0.480 e. The lowest BCUT2D eigenvalue weighted by molar-refractivity contribution is -0.141. The minimum absolute atomic E-state index is 0.360. The second-order valence-corrected chi connectivity index (χ2v) is 3.93. The molecule has 6 nitrogen and oxygen atoms in total. The molecule has 0 aromatic carbocycles. The van der Waals surface area contributed by atoms with Crippen molar-refractivity contribution in [2.45, 2.75) is 19.4 Å². The summed E-state index contributed by atoms with van der Waals surface area (Å²) in [6.07, 6.45) is 3.52. The van der Waals surface area contributed by atoms with E-state index in [2.05, 4.69) is 4.98 Å². The maximum atomic E-state index is 12.1. The van der Waals surface area contributed by atoms with Crippen LogP contribution in [-0.2, 0) is 4.79 Å². The van der Waals surface area contributed by atoms with Crippen molar-refractivity contribution >= 4 is 17.7 Å². The molecular formula is C12H17N3O3. The molecule has 0 spiro atoms. The molecule has 1 aromatic heterocycles. The highest BCUT2D eigenvalue weighted by Gasteiger charge is 2.27. The Morgan fingerprint density at radius 2 is 2.11 bits per heavy atom. The summed E-state index contributed by atoms with van der Waals surface area (Å²) in [6.45, 7) is 1.73. The summed E-state index contributed by atoms with van der Waals surface area (Å²) in [6, 6.07) is 2.25. The number of nitrogens with zero attached hydrogens (tertiary/aromatic N) is 3. The number of carbonyl (C=O) groups excluding carboxylic acids is 1. The van der Waals surface area contributed by atoms with Gasteiger partial charge in [-0.2, -0.15) is 0 Å². The fourth-order valence-electron chi connectivity index (χ4n) is 1.65. The van der Waals surface area contributed by atoms with E-state index >= 15 is 0 Å². The molecule has 6 heteroatoms. The van der Waals surface area contributed by atoms with Crippen LogP contribution in [0.15, 0.2) is 24.5 Å². The topological polar surface area (TPSA) is 73.7 Å². The number of likely N-dealkylation sites (N-methyl/N-ethyl adjacent to an activating group) is 1. The quantitative estimate of drug-likeness (QED) is 0.878. The van der Waals surface area contributed by atoms with Gasteiger partial charge in [0.1, 0.15) is 6.04 Å². The Hall–Kier alpha value is -2.11. The fourth-order valence-corrected chi connectivity index (χ4v) is 1.65. The molecule has 0 bridgehead atoms. The number of aromatic nitrogens is 1. The molecule has 98 valence electrons. The van der Waals surface area contributed by atoms with Crippen molar-refractivity contribution in [2.24, 2.45) is 0 Å². The highest BCUT2D eigenvalue weighted by molar-refractivity contribution is 5.93. The van der Waals surface area contributed by atoms with Crippen molar-refractivity contribution in [3.63, 3.8) is 0 Å². The summed E-state index contributed by atoms with van der Waals surface area (Å²) in [5, 5.41) is 9.02. The van der Waals surface area contributed by atoms with Gasteiger partial charge in [-0.05, 0) is 18.6 Å². The van der Waals surface area contributed by atoms with E-state index in [0.29, 0.717) is 12.1 Å². The SMILES string of the molecule is CCC(C(=O)O)N(C)C(=O)N(C)c1cccnc1. The first kappa shape index (κ1) is 14.0. The minimum Gasteiger partial charge on any atom is -0.480 e. The Balaban J connectivity index is 2.84. The molecule has 2 amide bonds. The third kappa shape index (κ3) is 2.97. The van der Waals surface area contributed by atoms with Crippen LogP contribution in [0.3, 0.4) is 0 Å². The predicted octanol–water partition coefficient (Wildman–Crippen LogP) is 1.43. The molecule has 1 unspecified atom stereocenters. The van der Waals surface area contributed by atoms with E-state index < -0.39 is 12.0 Å². The summed E-state index contributed by atoms with van der Waals surface area (Å²) in [4.78, 5) is 29.6. The summed E-state index contributed by atoms with van der Waals surface area (Å²) < 4.78 is 0. The lowest BCUT2D eigenvalue weighted by Gasteiger charge is -2.28. The zero-order chi connectivity index (χ0) is 13.7. The standard InChI is InChI=1S/C12H17N3O3/c1-4-10(11(16)17)15(3)12(18)14(2)9-6-5-7-13-8-9/h5-8,10H,4H2,1-3H3,(H,16,17). The Bertz CT molecular complexity index is 422. The lowest BCUT2D eigenvalue weighted by atomic mass is 10.2. The highest BCUT2D eigenvalue weighted by Crippen LogP contribution is 2.13. The van der Waals surface area contributed by atoms with Gasteiger partial charge in [-0.1, -0.05) is 6.92 Å². The number of carbonyl (C=O) groups is 2. The average molecular weight is 251 g/mol. The number of rotatable bonds is 4. The van der Waals surface area contributed by atoms with Gasteiger partial charge >= 0.3 is 12.0 Å². The van der Waals surface area contributed by atoms with Crippen molar-refractivity contribution in [2.75, 3.05) is 19.0 Å². The van der Waals surface area contributed by atoms with Gasteiger partial charge in [-0.25, -0.2) is 9.59 Å². The van der Waals surface area contributed by atoms with Crippen LogP contribution in [0, 0.1) is 0 Å². The fraction of sp³-hybridized carbons (Fsp3) is 0.417. The number of pyridine rings is 1. The Morgan fingerprint density at radius 3 is 2.56 bits per heavy atom. The smallest absolute Gasteiger partial charge is 0.326 e. The van der Waals surface area contributed by atoms with Crippen LogP contribution in [0.2, 0.25) is 0 Å². The Labute approximate surface area is 106 Å². The first-order valence-electron chi connectivity index (χ1n) is 5.62. The summed E-state index contributed by atoms with van der Waals surface area (Å²) >= 11 is 0. The molecule has 0 saturated carbocycles. The van der Waals surface area contributed by atoms with Crippen LogP contribution < -0.4 is 4.90 Å². The van der Waals surface area contributed by atoms with E-state index in [0.717, 1.165) is 0 Å². The molecule has 0 saturated heterocycles. The third-order valence-corrected chi connectivity index (χ3v) is 2.76. The number of hydrogen-bond acceptors (Lipinski definition) is 3. The summed E-state index contributed by atoms with van der Waals surface area (Å²) in [5.74, 6) is -1.01. The van der Waals surface area contributed by atoms with Gasteiger partial charge in [-0.3, -0.25) is 9.88 Å². The molecule has 18 heavy (non-hydrogen) atoms. The number of carboxylic acids is 1. The van der Waals surface area contributed by atoms with Crippen LogP contribution in [0.25, 0.3) is 0 Å². The molecule has 0 aliphatic rings. The van der Waals surface area contributed by atoms with Crippen molar-refractivity contribution in [1.29, 1.82) is 0 Å². The maximum Gasteiger partial charge on any atom is 0.326 e. The number of urea groups is 1. The lowest BCUT2D eigenvalue weighted by Crippen LogP contribution is -2.47. The highest BCUT2D eigenvalue weighted by atomic mass is 16.4. The van der Waals surface area contributed by atoms with Crippen molar-refractivity contribution in [1.82, 2.24) is 9.88 Å². The van der Waals surface area contributed by atoms with Crippen LogP contribution in [0.4, 0.5) is 10.5 Å². The zero-order valence-electron chi connectivity index (χ0n) is 10.7. The molecule has 1 atom stereocenters. The van der Waals surface area contributed by atoms with E-state index in [-0.39, 0.29) is 6.03 Å². The Morgan fingerprint density at radius 1 is 1.44 bits per heavy atom. The minimum atomic E-state index is -1.01. The van der Waals surface area contributed by atoms with Gasteiger partial charge in [0.25, 0.3) is 0 Å². The van der Waals surface area contributed by atoms with Crippen LogP contribution in [0.5, 0.6) is 0 Å². The van der Waals surface area contributed by atoms with E-state index in [1.807, 2.05) is 0 Å². The number of carboxylic acid groups (broad SMARTS) is 1. The third-order valence-electron chi connectivity index (χ3n) is 2.76. The molecule has 0 aliphatic heterocycles. The summed E-state index contributed by atoms with van der Waals surface area (Å²) in [5.41, 5.74) is 0.620. The van der Waals surface area contributed by atoms with Crippen LogP contribution in [-0.4, -0.2) is 47.1 Å². The van der Waals surface area contributed by atoms with Crippen LogP contribution in [0.1, 0.15) is 13.3 Å². The van der Waals surface area contributed by atoms with Crippen molar-refractivity contribution in [3.8, 4) is 0 Å². The molecule has 0 aliphatic carbocycles. The molecule has 0 fully saturated rings. The summed E-state index contributed by atoms with van der Waals surface area (Å²) in [7, 11) is 3.07. The molecular weight excluding hydrogens is 234 g/mol. The van der Waals surface area contributed by atoms with Gasteiger partial charge in [0, 0.05) is 20.3 Å². The molecule has 1 heterocycles. The van der Waals surface area contributed by atoms with Crippen molar-refractivity contribution in [3.05, 3.63) is 24.5 Å². The second kappa shape index (κ2) is 6.00. The van der Waals surface area contributed by atoms with E-state index in [9.17, 15) is 9.59 Å². The van der Waals surface area contributed by atoms with E-state index in [4.69, 9.17) is 5.11 Å². The normalized spacial score (nSPS) is 11.7. The van der Waals surface area contributed by atoms with Gasteiger partial charge in [-0.15, -0.1) is 0 Å². The average Bonchev–Trinajstić information content (AvgIpc) is 2.38. The van der Waals surface area contributed by atoms with Crippen LogP contribution >= 0.6 is 0 Å². The number of anilines is 1.